The van der Waals surface area contributed by atoms with E-state index in [9.17, 15) is 9.59 Å². The fraction of sp³-hybridized carbons (Fsp3) is 0.125. The first kappa shape index (κ1) is 20.6. The number of furan rings is 1. The molecule has 7 heteroatoms. The van der Waals surface area contributed by atoms with Gasteiger partial charge in [0.05, 0.1) is 29.6 Å². The Balaban J connectivity index is 1.61. The molecular weight excluding hydrogens is 416 g/mol. The maximum Gasteiger partial charge on any atom is 0.337 e. The number of carbonyl (C=O) groups excluding carboxylic acids is 2. The highest BCUT2D eigenvalue weighted by Crippen LogP contribution is 2.30. The molecule has 2 heterocycles. The predicted molar refractivity (Wildman–Crippen MR) is 120 cm³/mol. The summed E-state index contributed by atoms with van der Waals surface area (Å²) in [5, 5.41) is 6.27. The Morgan fingerprint density at radius 2 is 1.94 bits per heavy atom. The van der Waals surface area contributed by atoms with Gasteiger partial charge in [0.15, 0.2) is 0 Å². The van der Waals surface area contributed by atoms with Crippen molar-refractivity contribution in [2.75, 3.05) is 12.1 Å². The Labute approximate surface area is 184 Å². The molecule has 156 valence electrons. The molecule has 0 saturated heterocycles. The van der Waals surface area contributed by atoms with Crippen molar-refractivity contribution < 1.29 is 18.7 Å². The highest BCUT2D eigenvalue weighted by molar-refractivity contribution is 6.33. The van der Waals surface area contributed by atoms with E-state index in [2.05, 4.69) is 5.10 Å². The van der Waals surface area contributed by atoms with Gasteiger partial charge in [0.25, 0.3) is 5.91 Å². The quantitative estimate of drug-likeness (QED) is 0.401. The number of hydrogen-bond donors (Lipinski definition) is 0. The summed E-state index contributed by atoms with van der Waals surface area (Å²) in [5.74, 6) is 0.387. The van der Waals surface area contributed by atoms with Crippen molar-refractivity contribution in [1.29, 1.82) is 0 Å². The third-order valence-corrected chi connectivity index (χ3v) is 5.35. The summed E-state index contributed by atoms with van der Waals surface area (Å²) >= 11 is 6.20. The fourth-order valence-electron chi connectivity index (χ4n) is 3.22. The first-order valence-corrected chi connectivity index (χ1v) is 9.91. The number of amides is 1. The maximum absolute atomic E-state index is 13.0. The second-order valence-electron chi connectivity index (χ2n) is 7.07. The highest BCUT2D eigenvalue weighted by Gasteiger charge is 2.29. The zero-order chi connectivity index (χ0) is 22.1. The van der Waals surface area contributed by atoms with Crippen molar-refractivity contribution in [1.82, 2.24) is 0 Å². The van der Waals surface area contributed by atoms with Crippen molar-refractivity contribution in [2.24, 2.45) is 5.10 Å². The molecule has 0 N–H and O–H groups in total. The summed E-state index contributed by atoms with van der Waals surface area (Å²) in [6.45, 7) is 3.66. The summed E-state index contributed by atoms with van der Waals surface area (Å²) in [6, 6.07) is 15.9. The summed E-state index contributed by atoms with van der Waals surface area (Å²) in [5.41, 5.74) is 3.69. The minimum atomic E-state index is -0.421. The van der Waals surface area contributed by atoms with E-state index in [4.69, 9.17) is 20.8 Å². The van der Waals surface area contributed by atoms with E-state index in [0.717, 1.165) is 11.1 Å². The number of nitrogens with zero attached hydrogens (tertiary/aromatic N) is 2. The minimum Gasteiger partial charge on any atom is -0.465 e. The van der Waals surface area contributed by atoms with Gasteiger partial charge in [-0.1, -0.05) is 29.8 Å². The van der Waals surface area contributed by atoms with Gasteiger partial charge in [-0.05, 0) is 61.9 Å². The number of aryl methyl sites for hydroxylation is 1. The molecule has 0 saturated carbocycles. The van der Waals surface area contributed by atoms with Gasteiger partial charge < -0.3 is 9.15 Å². The minimum absolute atomic E-state index is 0.261. The van der Waals surface area contributed by atoms with Crippen molar-refractivity contribution >= 4 is 41.0 Å². The average Bonchev–Trinajstić information content (AvgIpc) is 3.35. The summed E-state index contributed by atoms with van der Waals surface area (Å²) in [4.78, 5) is 24.7. The number of benzene rings is 2. The fourth-order valence-corrected chi connectivity index (χ4v) is 3.39. The molecule has 31 heavy (non-hydrogen) atoms. The molecule has 0 unspecified atom stereocenters. The molecule has 0 bridgehead atoms. The van der Waals surface area contributed by atoms with Gasteiger partial charge in [0.1, 0.15) is 11.5 Å². The van der Waals surface area contributed by atoms with Crippen LogP contribution in [0.25, 0.3) is 17.4 Å². The van der Waals surface area contributed by atoms with Crippen LogP contribution in [0.15, 0.2) is 69.7 Å². The monoisotopic (exact) mass is 434 g/mol. The Kier molecular flexibility index (Phi) is 5.48. The van der Waals surface area contributed by atoms with Gasteiger partial charge in [-0.15, -0.1) is 0 Å². The van der Waals surface area contributed by atoms with Crippen molar-refractivity contribution in [3.63, 3.8) is 0 Å². The van der Waals surface area contributed by atoms with Crippen LogP contribution < -0.4 is 5.01 Å². The number of esters is 1. The number of hydrazone groups is 1. The lowest BCUT2D eigenvalue weighted by Crippen LogP contribution is -2.21. The van der Waals surface area contributed by atoms with Crippen LogP contribution in [-0.4, -0.2) is 24.7 Å². The maximum atomic E-state index is 13.0. The van der Waals surface area contributed by atoms with E-state index in [-0.39, 0.29) is 5.91 Å². The van der Waals surface area contributed by atoms with Gasteiger partial charge in [-0.2, -0.15) is 10.1 Å². The number of methoxy groups -OCH3 is 1. The molecule has 1 aliphatic rings. The summed E-state index contributed by atoms with van der Waals surface area (Å²) in [7, 11) is 1.34. The van der Waals surface area contributed by atoms with E-state index in [0.29, 0.717) is 39.1 Å². The number of carbonyl (C=O) groups is 2. The van der Waals surface area contributed by atoms with Crippen LogP contribution in [0.2, 0.25) is 5.02 Å². The van der Waals surface area contributed by atoms with Crippen molar-refractivity contribution in [2.45, 2.75) is 13.8 Å². The molecular formula is C24H19ClN2O4. The molecule has 1 aromatic heterocycles. The zero-order valence-electron chi connectivity index (χ0n) is 17.2. The van der Waals surface area contributed by atoms with Crippen LogP contribution in [0.5, 0.6) is 0 Å². The van der Waals surface area contributed by atoms with Crippen LogP contribution in [0.3, 0.4) is 0 Å². The molecule has 4 rings (SSSR count). The normalized spacial score (nSPS) is 14.8. The van der Waals surface area contributed by atoms with Crippen LogP contribution in [-0.2, 0) is 9.53 Å². The number of anilines is 1. The van der Waals surface area contributed by atoms with Crippen LogP contribution in [0, 0.1) is 6.92 Å². The van der Waals surface area contributed by atoms with Crippen LogP contribution in [0.1, 0.15) is 28.6 Å². The Bertz CT molecular complexity index is 1260. The molecule has 6 nitrogen and oxygen atoms in total. The molecule has 0 fully saturated rings. The number of ether oxygens (including phenoxy) is 1. The van der Waals surface area contributed by atoms with E-state index in [1.165, 1.54) is 12.1 Å². The molecule has 0 spiro atoms. The van der Waals surface area contributed by atoms with Gasteiger partial charge in [0.2, 0.25) is 0 Å². The molecule has 3 aromatic rings. The predicted octanol–water partition coefficient (Wildman–Crippen LogP) is 5.50. The average molecular weight is 435 g/mol. The second-order valence-corrected chi connectivity index (χ2v) is 7.48. The van der Waals surface area contributed by atoms with Crippen LogP contribution >= 0.6 is 11.6 Å². The summed E-state index contributed by atoms with van der Waals surface area (Å²) in [6.07, 6.45) is 1.66. The Morgan fingerprint density at radius 1 is 1.13 bits per heavy atom. The van der Waals surface area contributed by atoms with E-state index < -0.39 is 5.97 Å². The zero-order valence-corrected chi connectivity index (χ0v) is 17.9. The summed E-state index contributed by atoms with van der Waals surface area (Å²) < 4.78 is 10.7. The first-order valence-electron chi connectivity index (χ1n) is 9.54. The number of rotatable bonds is 4. The molecule has 0 aliphatic carbocycles. The lowest BCUT2D eigenvalue weighted by molar-refractivity contribution is -0.114. The van der Waals surface area contributed by atoms with Gasteiger partial charge in [0, 0.05) is 10.6 Å². The van der Waals surface area contributed by atoms with Crippen LogP contribution in [0.4, 0.5) is 5.69 Å². The Morgan fingerprint density at radius 3 is 2.68 bits per heavy atom. The van der Waals surface area contributed by atoms with Crippen molar-refractivity contribution in [3.05, 3.63) is 82.1 Å². The first-order chi connectivity index (χ1) is 14.9. The van der Waals surface area contributed by atoms with Gasteiger partial charge >= 0.3 is 5.97 Å². The largest absolute Gasteiger partial charge is 0.465 e. The molecule has 1 amide bonds. The van der Waals surface area contributed by atoms with E-state index in [1.807, 2.05) is 19.1 Å². The molecule has 1 aliphatic heterocycles. The number of halogens is 1. The molecule has 0 atom stereocenters. The third kappa shape index (κ3) is 4.02. The molecule has 2 aromatic carbocycles. The third-order valence-electron chi connectivity index (χ3n) is 4.94. The standard InChI is InChI=1S/C24H19ClN2O4/c1-14-7-8-18(12-21(14)25)27-23(28)20(15(2)26-27)13-19-9-10-22(31-19)16-5-4-6-17(11-16)24(29)30-3/h4-13H,1-3H3/b20-13-. The molecule has 0 radical (unpaired) electrons. The Hall–Kier alpha value is -3.64. The lowest BCUT2D eigenvalue weighted by Gasteiger charge is -2.12. The highest BCUT2D eigenvalue weighted by atomic mass is 35.5. The van der Waals surface area contributed by atoms with Crippen molar-refractivity contribution in [3.8, 4) is 11.3 Å². The topological polar surface area (TPSA) is 72.1 Å². The second kappa shape index (κ2) is 8.24. The van der Waals surface area contributed by atoms with Gasteiger partial charge in [-0.3, -0.25) is 4.79 Å². The SMILES string of the molecule is COC(=O)c1cccc(-c2ccc(/C=C3\C(=O)N(c4ccc(C)c(Cl)c4)N=C3C)o2)c1. The van der Waals surface area contributed by atoms with Gasteiger partial charge in [-0.25, -0.2) is 4.79 Å². The van der Waals surface area contributed by atoms with E-state index >= 15 is 0 Å². The number of hydrogen-bond acceptors (Lipinski definition) is 5. The lowest BCUT2D eigenvalue weighted by atomic mass is 10.1. The van der Waals surface area contributed by atoms with E-state index in [1.54, 1.807) is 55.5 Å². The smallest absolute Gasteiger partial charge is 0.337 e.